The summed E-state index contributed by atoms with van der Waals surface area (Å²) < 4.78 is 0. The van der Waals surface area contributed by atoms with Crippen LogP contribution in [0.1, 0.15) is 57.9 Å². The number of benzene rings is 1. The van der Waals surface area contributed by atoms with Gasteiger partial charge in [0.25, 0.3) is 5.69 Å². The monoisotopic (exact) mass is 343 g/mol. The summed E-state index contributed by atoms with van der Waals surface area (Å²) in [6.45, 7) is 6.13. The first kappa shape index (κ1) is 18.7. The minimum Gasteiger partial charge on any atom is -0.363 e. The van der Waals surface area contributed by atoms with Crippen molar-refractivity contribution in [1.82, 2.24) is 10.6 Å². The highest BCUT2D eigenvalue weighted by atomic mass is 16.6. The Labute approximate surface area is 148 Å². The van der Waals surface area contributed by atoms with E-state index in [4.69, 9.17) is 0 Å². The van der Waals surface area contributed by atoms with Crippen molar-refractivity contribution in [2.24, 2.45) is 0 Å². The molecule has 1 aliphatic rings. The van der Waals surface area contributed by atoms with E-state index in [9.17, 15) is 14.9 Å². The lowest BCUT2D eigenvalue weighted by Crippen LogP contribution is -2.32. The summed E-state index contributed by atoms with van der Waals surface area (Å²) in [6, 6.07) is 6.58. The summed E-state index contributed by atoms with van der Waals surface area (Å²) in [7, 11) is 0. The second-order valence-electron chi connectivity index (χ2n) is 6.03. The third-order valence-corrected chi connectivity index (χ3v) is 4.38. The predicted octanol–water partition coefficient (Wildman–Crippen LogP) is 4.11. The number of rotatable bonds is 7. The molecular formula is C19H25N3O3. The molecule has 1 aliphatic heterocycles. The van der Waals surface area contributed by atoms with Crippen LogP contribution in [0.15, 0.2) is 47.4 Å². The molecule has 2 rings (SSSR count). The van der Waals surface area contributed by atoms with Crippen LogP contribution in [0.5, 0.6) is 0 Å². The number of hydrogen-bond donors (Lipinski definition) is 2. The molecule has 0 saturated carbocycles. The zero-order chi connectivity index (χ0) is 18.4. The van der Waals surface area contributed by atoms with Gasteiger partial charge in [0.1, 0.15) is 0 Å². The molecule has 25 heavy (non-hydrogen) atoms. The molecule has 0 fully saturated rings. The first-order valence-corrected chi connectivity index (χ1v) is 8.74. The standard InChI is InChI=1S/C19H25N3O3/c1-4-7-18(23)21-17-12-20-16(6-3)15(5-2)19(17)13-8-10-14(11-9-13)22(24)25/h8-12,19-20H,4-7H2,1-3H3,(H,21,23). The van der Waals surface area contributed by atoms with Crippen LogP contribution < -0.4 is 10.6 Å². The lowest BCUT2D eigenvalue weighted by atomic mass is 9.83. The minimum absolute atomic E-state index is 0.0159. The zero-order valence-corrected chi connectivity index (χ0v) is 15.0. The van der Waals surface area contributed by atoms with Crippen molar-refractivity contribution in [3.8, 4) is 0 Å². The van der Waals surface area contributed by atoms with Crippen molar-refractivity contribution in [3.63, 3.8) is 0 Å². The zero-order valence-electron chi connectivity index (χ0n) is 15.0. The summed E-state index contributed by atoms with van der Waals surface area (Å²) in [4.78, 5) is 22.6. The first-order chi connectivity index (χ1) is 12.0. The Morgan fingerprint density at radius 1 is 1.20 bits per heavy atom. The Morgan fingerprint density at radius 2 is 1.88 bits per heavy atom. The molecule has 0 radical (unpaired) electrons. The van der Waals surface area contributed by atoms with Gasteiger partial charge in [-0.3, -0.25) is 14.9 Å². The second-order valence-corrected chi connectivity index (χ2v) is 6.03. The molecule has 0 aliphatic carbocycles. The van der Waals surface area contributed by atoms with Crippen molar-refractivity contribution >= 4 is 11.6 Å². The molecular weight excluding hydrogens is 318 g/mol. The van der Waals surface area contributed by atoms with E-state index in [2.05, 4.69) is 24.5 Å². The molecule has 2 N–H and O–H groups in total. The molecule has 0 bridgehead atoms. The van der Waals surface area contributed by atoms with Crippen LogP contribution in [0.4, 0.5) is 5.69 Å². The highest BCUT2D eigenvalue weighted by molar-refractivity contribution is 5.78. The Balaban J connectivity index is 2.41. The van der Waals surface area contributed by atoms with E-state index in [-0.39, 0.29) is 17.5 Å². The van der Waals surface area contributed by atoms with Gasteiger partial charge in [0.15, 0.2) is 0 Å². The van der Waals surface area contributed by atoms with Crippen LogP contribution in [0.25, 0.3) is 0 Å². The second kappa shape index (κ2) is 8.46. The third kappa shape index (κ3) is 4.26. The van der Waals surface area contributed by atoms with Crippen LogP contribution >= 0.6 is 0 Å². The van der Waals surface area contributed by atoms with Crippen molar-refractivity contribution in [2.75, 3.05) is 0 Å². The first-order valence-electron chi connectivity index (χ1n) is 8.74. The summed E-state index contributed by atoms with van der Waals surface area (Å²) in [6.07, 6.45) is 4.79. The lowest BCUT2D eigenvalue weighted by Gasteiger charge is -2.30. The van der Waals surface area contributed by atoms with E-state index < -0.39 is 4.92 Å². The van der Waals surface area contributed by atoms with Gasteiger partial charge < -0.3 is 10.6 Å². The van der Waals surface area contributed by atoms with Gasteiger partial charge in [0.2, 0.25) is 5.91 Å². The predicted molar refractivity (Wildman–Crippen MR) is 97.7 cm³/mol. The molecule has 6 nitrogen and oxygen atoms in total. The quantitative estimate of drug-likeness (QED) is 0.576. The van der Waals surface area contributed by atoms with Crippen LogP contribution in [0, 0.1) is 10.1 Å². The lowest BCUT2D eigenvalue weighted by molar-refractivity contribution is -0.384. The van der Waals surface area contributed by atoms with Crippen molar-refractivity contribution in [3.05, 3.63) is 63.1 Å². The van der Waals surface area contributed by atoms with E-state index in [0.29, 0.717) is 6.42 Å². The molecule has 0 spiro atoms. The fourth-order valence-corrected chi connectivity index (χ4v) is 3.18. The van der Waals surface area contributed by atoms with E-state index >= 15 is 0 Å². The highest BCUT2D eigenvalue weighted by Gasteiger charge is 2.27. The maximum atomic E-state index is 12.1. The van der Waals surface area contributed by atoms with Gasteiger partial charge in [-0.05, 0) is 30.4 Å². The van der Waals surface area contributed by atoms with Gasteiger partial charge in [-0.1, -0.05) is 32.9 Å². The molecule has 6 heteroatoms. The molecule has 0 saturated heterocycles. The number of non-ortho nitro benzene ring substituents is 1. The van der Waals surface area contributed by atoms with Crippen molar-refractivity contribution in [1.29, 1.82) is 0 Å². The average Bonchev–Trinajstić information content (AvgIpc) is 2.61. The Kier molecular flexibility index (Phi) is 6.33. The van der Waals surface area contributed by atoms with Gasteiger partial charge in [-0.2, -0.15) is 0 Å². The van der Waals surface area contributed by atoms with Crippen molar-refractivity contribution < 1.29 is 9.72 Å². The van der Waals surface area contributed by atoms with Crippen LogP contribution in [-0.2, 0) is 4.79 Å². The average molecular weight is 343 g/mol. The van der Waals surface area contributed by atoms with E-state index in [0.717, 1.165) is 36.2 Å². The van der Waals surface area contributed by atoms with E-state index in [1.807, 2.05) is 13.1 Å². The number of amides is 1. The van der Waals surface area contributed by atoms with Gasteiger partial charge in [-0.15, -0.1) is 0 Å². The minimum atomic E-state index is -0.403. The van der Waals surface area contributed by atoms with E-state index in [1.54, 1.807) is 12.1 Å². The summed E-state index contributed by atoms with van der Waals surface area (Å²) in [5, 5.41) is 17.2. The maximum absolute atomic E-state index is 12.1. The SMILES string of the molecule is CCCC(=O)NC1=CNC(CC)=C(CC)C1c1ccc([N+](=O)[O-])cc1. The molecule has 0 aromatic heterocycles. The number of hydrogen-bond acceptors (Lipinski definition) is 4. The van der Waals surface area contributed by atoms with Gasteiger partial charge in [0.05, 0.1) is 4.92 Å². The highest BCUT2D eigenvalue weighted by Crippen LogP contribution is 2.37. The molecule has 1 aromatic carbocycles. The van der Waals surface area contributed by atoms with Crippen LogP contribution in [0.3, 0.4) is 0 Å². The normalized spacial score (nSPS) is 16.9. The third-order valence-electron chi connectivity index (χ3n) is 4.38. The topological polar surface area (TPSA) is 84.3 Å². The van der Waals surface area contributed by atoms with Crippen LogP contribution in [0.2, 0.25) is 0 Å². The fraction of sp³-hybridized carbons (Fsp3) is 0.421. The molecule has 1 atom stereocenters. The number of dihydropyridines is 1. The van der Waals surface area contributed by atoms with E-state index in [1.165, 1.54) is 17.7 Å². The number of carbonyl (C=O) groups excluding carboxylic acids is 1. The number of nitrogens with one attached hydrogen (secondary N) is 2. The number of allylic oxidation sites excluding steroid dienone is 2. The smallest absolute Gasteiger partial charge is 0.269 e. The number of nitro groups is 1. The molecule has 1 unspecified atom stereocenters. The van der Waals surface area contributed by atoms with Crippen LogP contribution in [-0.4, -0.2) is 10.8 Å². The van der Waals surface area contributed by atoms with Gasteiger partial charge >= 0.3 is 0 Å². The number of nitro benzene ring substituents is 1. The maximum Gasteiger partial charge on any atom is 0.269 e. The fourth-order valence-electron chi connectivity index (χ4n) is 3.18. The molecule has 1 aromatic rings. The Hall–Kier alpha value is -2.63. The van der Waals surface area contributed by atoms with Gasteiger partial charge in [-0.25, -0.2) is 0 Å². The molecule has 1 amide bonds. The summed E-state index contributed by atoms with van der Waals surface area (Å²) in [5.74, 6) is -0.110. The molecule has 134 valence electrons. The number of nitrogens with zero attached hydrogens (tertiary/aromatic N) is 1. The molecule has 1 heterocycles. The van der Waals surface area contributed by atoms with Crippen molar-refractivity contribution in [2.45, 2.75) is 52.4 Å². The largest absolute Gasteiger partial charge is 0.363 e. The number of carbonyl (C=O) groups is 1. The van der Waals surface area contributed by atoms with Gasteiger partial charge in [0, 0.05) is 42.1 Å². The summed E-state index contributed by atoms with van der Waals surface area (Å²) >= 11 is 0. The Morgan fingerprint density at radius 3 is 2.40 bits per heavy atom. The summed E-state index contributed by atoms with van der Waals surface area (Å²) in [5.41, 5.74) is 4.14. The Bertz CT molecular complexity index is 705.